The first-order valence-corrected chi connectivity index (χ1v) is 11.3. The van der Waals surface area contributed by atoms with E-state index in [4.69, 9.17) is 0 Å². The molecule has 4 amide bonds. The molecule has 36 heavy (non-hydrogen) atoms. The lowest BCUT2D eigenvalue weighted by Gasteiger charge is -2.29. The standard InChI is InChI=1S/C25H19N7O4/c33-22-8-7-21(24(35)28-22)31-12-15-4-6-17(11-18(15)25(31)36)32-13-20(29-30-32)23(34)27-16-5-3-14-2-1-9-26-19(14)10-16/h1-6,9-11,13,21H,7-8,12H2,(H,27,34)(H,28,33,35). The third-order valence-corrected chi connectivity index (χ3v) is 6.37. The fourth-order valence-electron chi connectivity index (χ4n) is 4.52. The van der Waals surface area contributed by atoms with Crippen LogP contribution in [0.25, 0.3) is 16.6 Å². The van der Waals surface area contributed by atoms with Gasteiger partial charge in [-0.05, 0) is 42.3 Å². The summed E-state index contributed by atoms with van der Waals surface area (Å²) in [7, 11) is 0. The normalized spacial score (nSPS) is 17.3. The molecule has 11 heteroatoms. The van der Waals surface area contributed by atoms with E-state index in [0.29, 0.717) is 23.4 Å². The number of fused-ring (bicyclic) bond motifs is 2. The highest BCUT2D eigenvalue weighted by Gasteiger charge is 2.39. The number of rotatable bonds is 4. The molecule has 4 heterocycles. The molecule has 6 rings (SSSR count). The molecule has 1 saturated heterocycles. The zero-order valence-corrected chi connectivity index (χ0v) is 18.8. The van der Waals surface area contributed by atoms with Gasteiger partial charge in [-0.25, -0.2) is 4.68 Å². The molecule has 2 aliphatic rings. The first kappa shape index (κ1) is 21.6. The Kier molecular flexibility index (Phi) is 5.03. The minimum atomic E-state index is -0.682. The maximum absolute atomic E-state index is 13.1. The predicted octanol–water partition coefficient (Wildman–Crippen LogP) is 1.83. The summed E-state index contributed by atoms with van der Waals surface area (Å²) in [5.74, 6) is -1.50. The molecule has 2 aromatic carbocycles. The number of piperidine rings is 1. The van der Waals surface area contributed by atoms with Gasteiger partial charge in [0.2, 0.25) is 11.8 Å². The van der Waals surface area contributed by atoms with Crippen LogP contribution in [0.15, 0.2) is 60.9 Å². The van der Waals surface area contributed by atoms with Gasteiger partial charge in [-0.1, -0.05) is 23.4 Å². The van der Waals surface area contributed by atoms with E-state index in [1.807, 2.05) is 18.2 Å². The van der Waals surface area contributed by atoms with E-state index >= 15 is 0 Å². The van der Waals surface area contributed by atoms with Crippen LogP contribution in [0.4, 0.5) is 5.69 Å². The zero-order valence-electron chi connectivity index (χ0n) is 18.8. The lowest BCUT2D eigenvalue weighted by atomic mass is 10.0. The second-order valence-electron chi connectivity index (χ2n) is 8.65. The highest BCUT2D eigenvalue weighted by Crippen LogP contribution is 2.29. The maximum Gasteiger partial charge on any atom is 0.277 e. The van der Waals surface area contributed by atoms with Gasteiger partial charge in [0.05, 0.1) is 17.4 Å². The van der Waals surface area contributed by atoms with E-state index < -0.39 is 17.9 Å². The summed E-state index contributed by atoms with van der Waals surface area (Å²) >= 11 is 0. The Labute approximate surface area is 204 Å². The van der Waals surface area contributed by atoms with Crippen molar-refractivity contribution in [1.82, 2.24) is 30.2 Å². The van der Waals surface area contributed by atoms with Gasteiger partial charge in [-0.2, -0.15) is 0 Å². The van der Waals surface area contributed by atoms with Crippen molar-refractivity contribution in [1.29, 1.82) is 0 Å². The molecule has 11 nitrogen and oxygen atoms in total. The molecule has 0 aliphatic carbocycles. The van der Waals surface area contributed by atoms with Crippen molar-refractivity contribution in [2.24, 2.45) is 0 Å². The number of carbonyl (C=O) groups excluding carboxylic acids is 4. The smallest absolute Gasteiger partial charge is 0.277 e. The highest BCUT2D eigenvalue weighted by molar-refractivity contribution is 6.06. The van der Waals surface area contributed by atoms with Gasteiger partial charge in [0.25, 0.3) is 11.8 Å². The van der Waals surface area contributed by atoms with Crippen molar-refractivity contribution < 1.29 is 19.2 Å². The average molecular weight is 481 g/mol. The Morgan fingerprint density at radius 2 is 1.97 bits per heavy atom. The molecule has 0 bridgehead atoms. The number of imide groups is 1. The average Bonchev–Trinajstić information content (AvgIpc) is 3.49. The number of hydrogen-bond acceptors (Lipinski definition) is 7. The van der Waals surface area contributed by atoms with Gasteiger partial charge < -0.3 is 10.2 Å². The number of nitrogens with one attached hydrogen (secondary N) is 2. The monoisotopic (exact) mass is 481 g/mol. The van der Waals surface area contributed by atoms with Crippen molar-refractivity contribution in [3.63, 3.8) is 0 Å². The molecule has 0 saturated carbocycles. The molecule has 1 unspecified atom stereocenters. The molecule has 4 aromatic rings. The highest BCUT2D eigenvalue weighted by atomic mass is 16.2. The minimum Gasteiger partial charge on any atom is -0.322 e. The van der Waals surface area contributed by atoms with E-state index in [1.165, 1.54) is 15.8 Å². The van der Waals surface area contributed by atoms with Crippen LogP contribution < -0.4 is 10.6 Å². The van der Waals surface area contributed by atoms with Crippen molar-refractivity contribution in [2.75, 3.05) is 5.32 Å². The number of pyridine rings is 1. The molecule has 178 valence electrons. The molecular weight excluding hydrogens is 462 g/mol. The SMILES string of the molecule is O=C1CCC(N2Cc3ccc(-n4cc(C(=O)Nc5ccc6cccnc6c5)nn4)cc3C2=O)C(=O)N1. The molecule has 2 N–H and O–H groups in total. The van der Waals surface area contributed by atoms with E-state index in [9.17, 15) is 19.2 Å². The van der Waals surface area contributed by atoms with Crippen molar-refractivity contribution in [2.45, 2.75) is 25.4 Å². The molecule has 1 fully saturated rings. The van der Waals surface area contributed by atoms with E-state index in [2.05, 4.69) is 25.9 Å². The minimum absolute atomic E-state index is 0.105. The van der Waals surface area contributed by atoms with Crippen LogP contribution in [-0.2, 0) is 16.1 Å². The van der Waals surface area contributed by atoms with Crippen LogP contribution in [0.2, 0.25) is 0 Å². The van der Waals surface area contributed by atoms with Gasteiger partial charge in [0.1, 0.15) is 6.04 Å². The Morgan fingerprint density at radius 3 is 2.83 bits per heavy atom. The van der Waals surface area contributed by atoms with Gasteiger partial charge in [-0.3, -0.25) is 29.5 Å². The topological polar surface area (TPSA) is 139 Å². The fraction of sp³-hybridized carbons (Fsp3) is 0.160. The summed E-state index contributed by atoms with van der Waals surface area (Å²) in [6.07, 6.45) is 3.66. The third kappa shape index (κ3) is 3.76. The van der Waals surface area contributed by atoms with Gasteiger partial charge >= 0.3 is 0 Å². The summed E-state index contributed by atoms with van der Waals surface area (Å²) in [4.78, 5) is 55.3. The number of amides is 4. The van der Waals surface area contributed by atoms with Crippen LogP contribution in [0, 0.1) is 0 Å². The molecule has 2 aliphatic heterocycles. The first-order chi connectivity index (χ1) is 17.5. The van der Waals surface area contributed by atoms with Crippen LogP contribution >= 0.6 is 0 Å². The fourth-order valence-corrected chi connectivity index (χ4v) is 4.52. The molecule has 0 radical (unpaired) electrons. The summed E-state index contributed by atoms with van der Waals surface area (Å²) in [6, 6.07) is 13.7. The second-order valence-corrected chi connectivity index (χ2v) is 8.65. The van der Waals surface area contributed by atoms with Crippen LogP contribution in [-0.4, -0.2) is 54.5 Å². The van der Waals surface area contributed by atoms with Gasteiger partial charge in [-0.15, -0.1) is 5.10 Å². The largest absolute Gasteiger partial charge is 0.322 e. The van der Waals surface area contributed by atoms with Crippen LogP contribution in [0.3, 0.4) is 0 Å². The van der Waals surface area contributed by atoms with Gasteiger partial charge in [0.15, 0.2) is 5.69 Å². The summed E-state index contributed by atoms with van der Waals surface area (Å²) in [5, 5.41) is 14.1. The second kappa shape index (κ2) is 8.38. The Balaban J connectivity index is 1.19. The van der Waals surface area contributed by atoms with Gasteiger partial charge in [0, 0.05) is 35.8 Å². The quantitative estimate of drug-likeness (QED) is 0.424. The lowest BCUT2D eigenvalue weighted by Crippen LogP contribution is -2.52. The number of benzene rings is 2. The maximum atomic E-state index is 13.1. The summed E-state index contributed by atoms with van der Waals surface area (Å²) < 4.78 is 1.42. The van der Waals surface area contributed by atoms with Crippen molar-refractivity contribution in [3.8, 4) is 5.69 Å². The Hall–Kier alpha value is -4.93. The molecule has 2 aromatic heterocycles. The van der Waals surface area contributed by atoms with Crippen molar-refractivity contribution in [3.05, 3.63) is 77.7 Å². The molecule has 1 atom stereocenters. The number of carbonyl (C=O) groups is 4. The summed E-state index contributed by atoms with van der Waals surface area (Å²) in [5.41, 5.74) is 3.21. The van der Waals surface area contributed by atoms with E-state index in [-0.39, 0.29) is 30.5 Å². The Bertz CT molecular complexity index is 1580. The lowest BCUT2D eigenvalue weighted by molar-refractivity contribution is -0.136. The number of aromatic nitrogens is 4. The summed E-state index contributed by atoms with van der Waals surface area (Å²) in [6.45, 7) is 0.284. The third-order valence-electron chi connectivity index (χ3n) is 6.37. The molecule has 0 spiro atoms. The first-order valence-electron chi connectivity index (χ1n) is 11.3. The van der Waals surface area contributed by atoms with Crippen LogP contribution in [0.1, 0.15) is 39.3 Å². The van der Waals surface area contributed by atoms with Crippen LogP contribution in [0.5, 0.6) is 0 Å². The number of hydrogen-bond donors (Lipinski definition) is 2. The molecular formula is C25H19N7O4. The zero-order chi connectivity index (χ0) is 24.8. The number of anilines is 1. The number of nitrogens with zero attached hydrogens (tertiary/aromatic N) is 5. The van der Waals surface area contributed by atoms with Crippen molar-refractivity contribution >= 4 is 40.2 Å². The predicted molar refractivity (Wildman–Crippen MR) is 127 cm³/mol. The van der Waals surface area contributed by atoms with E-state index in [1.54, 1.807) is 36.5 Å². The Morgan fingerprint density at radius 1 is 1.08 bits per heavy atom. The van der Waals surface area contributed by atoms with E-state index in [0.717, 1.165) is 16.5 Å².